The van der Waals surface area contributed by atoms with Crippen molar-refractivity contribution in [3.63, 3.8) is 0 Å². The van der Waals surface area contributed by atoms with Crippen LogP contribution in [0.3, 0.4) is 0 Å². The molecule has 1 fully saturated rings. The second-order valence-electron chi connectivity index (χ2n) is 5.42. The molecule has 0 atom stereocenters. The monoisotopic (exact) mass is 295 g/mol. The molecule has 2 aromatic rings. The van der Waals surface area contributed by atoms with Gasteiger partial charge in [0.2, 0.25) is 5.91 Å². The number of methoxy groups -OCH3 is 1. The summed E-state index contributed by atoms with van der Waals surface area (Å²) in [5.74, 6) is 0.966. The van der Waals surface area contributed by atoms with E-state index >= 15 is 0 Å². The molecule has 1 aliphatic carbocycles. The summed E-state index contributed by atoms with van der Waals surface area (Å²) in [6, 6.07) is 12.8. The molecule has 0 aromatic heterocycles. The van der Waals surface area contributed by atoms with Gasteiger partial charge in [0.1, 0.15) is 12.0 Å². The van der Waals surface area contributed by atoms with Crippen molar-refractivity contribution in [1.29, 1.82) is 0 Å². The van der Waals surface area contributed by atoms with Crippen LogP contribution >= 0.6 is 0 Å². The number of aldehydes is 1. The van der Waals surface area contributed by atoms with E-state index in [1.807, 2.05) is 30.3 Å². The number of hydrogen-bond donors (Lipinski definition) is 1. The maximum atomic E-state index is 11.9. The van der Waals surface area contributed by atoms with Crippen molar-refractivity contribution < 1.29 is 14.3 Å². The molecule has 1 amide bonds. The first kappa shape index (κ1) is 14.3. The predicted molar refractivity (Wildman–Crippen MR) is 85.2 cm³/mol. The van der Waals surface area contributed by atoms with Crippen molar-refractivity contribution in [2.75, 3.05) is 12.4 Å². The zero-order chi connectivity index (χ0) is 15.5. The molecule has 1 saturated carbocycles. The van der Waals surface area contributed by atoms with Gasteiger partial charge in [-0.3, -0.25) is 9.59 Å². The highest BCUT2D eigenvalue weighted by Gasteiger charge is 2.29. The van der Waals surface area contributed by atoms with Gasteiger partial charge < -0.3 is 10.1 Å². The summed E-state index contributed by atoms with van der Waals surface area (Å²) in [6.45, 7) is 0. The highest BCUT2D eigenvalue weighted by Crippen LogP contribution is 2.34. The Labute approximate surface area is 129 Å². The second kappa shape index (κ2) is 6.02. The molecule has 0 radical (unpaired) electrons. The average Bonchev–Trinajstić information content (AvgIpc) is 3.40. The average molecular weight is 295 g/mol. The van der Waals surface area contributed by atoms with E-state index in [2.05, 4.69) is 5.32 Å². The van der Waals surface area contributed by atoms with Crippen molar-refractivity contribution in [1.82, 2.24) is 0 Å². The van der Waals surface area contributed by atoms with Crippen LogP contribution in [0.2, 0.25) is 0 Å². The van der Waals surface area contributed by atoms with Gasteiger partial charge in [0, 0.05) is 22.7 Å². The number of anilines is 1. The molecule has 1 aliphatic rings. The third kappa shape index (κ3) is 3.01. The Morgan fingerprint density at radius 3 is 2.50 bits per heavy atom. The zero-order valence-electron chi connectivity index (χ0n) is 12.3. The number of benzene rings is 2. The van der Waals surface area contributed by atoms with Crippen LogP contribution in [-0.4, -0.2) is 19.3 Å². The largest absolute Gasteiger partial charge is 0.496 e. The molecule has 0 unspecified atom stereocenters. The number of carbonyl (C=O) groups excluding carboxylic acids is 2. The summed E-state index contributed by atoms with van der Waals surface area (Å²) < 4.78 is 5.39. The first-order valence-electron chi connectivity index (χ1n) is 7.26. The van der Waals surface area contributed by atoms with E-state index in [4.69, 9.17) is 4.74 Å². The third-order valence-corrected chi connectivity index (χ3v) is 3.77. The molecule has 3 rings (SSSR count). The van der Waals surface area contributed by atoms with E-state index in [1.54, 1.807) is 19.2 Å². The number of amides is 1. The summed E-state index contributed by atoms with van der Waals surface area (Å²) >= 11 is 0. The Hall–Kier alpha value is -2.62. The van der Waals surface area contributed by atoms with Gasteiger partial charge in [-0.05, 0) is 36.6 Å². The molecule has 0 spiro atoms. The molecule has 0 bridgehead atoms. The predicted octanol–water partition coefficient (Wildman–Crippen LogP) is 3.52. The Kier molecular flexibility index (Phi) is 3.92. The molecule has 2 aromatic carbocycles. The Balaban J connectivity index is 1.92. The molecule has 0 heterocycles. The smallest absolute Gasteiger partial charge is 0.227 e. The summed E-state index contributed by atoms with van der Waals surface area (Å²) in [4.78, 5) is 22.6. The topological polar surface area (TPSA) is 55.4 Å². The molecule has 0 aliphatic heterocycles. The SMILES string of the molecule is COc1ccc(NC(=O)C2CC2)cc1-c1ccc(C=O)cc1. The van der Waals surface area contributed by atoms with E-state index in [1.165, 1.54) is 0 Å². The molecule has 112 valence electrons. The van der Waals surface area contributed by atoms with Crippen molar-refractivity contribution in [3.05, 3.63) is 48.0 Å². The maximum Gasteiger partial charge on any atom is 0.227 e. The van der Waals surface area contributed by atoms with E-state index < -0.39 is 0 Å². The van der Waals surface area contributed by atoms with E-state index in [9.17, 15) is 9.59 Å². The lowest BCUT2D eigenvalue weighted by Crippen LogP contribution is -2.13. The standard InChI is InChI=1S/C18H17NO3/c1-22-17-9-8-15(19-18(21)14-6-7-14)10-16(17)13-4-2-12(11-20)3-5-13/h2-5,8-11,14H,6-7H2,1H3,(H,19,21). The Bertz CT molecular complexity index is 703. The van der Waals surface area contributed by atoms with E-state index in [0.717, 1.165) is 41.7 Å². The lowest BCUT2D eigenvalue weighted by Gasteiger charge is -2.12. The number of carbonyl (C=O) groups is 2. The minimum atomic E-state index is 0.0763. The molecule has 1 N–H and O–H groups in total. The summed E-state index contributed by atoms with van der Waals surface area (Å²) in [5, 5.41) is 2.94. The zero-order valence-corrected chi connectivity index (χ0v) is 12.3. The van der Waals surface area contributed by atoms with Crippen LogP contribution in [0.15, 0.2) is 42.5 Å². The van der Waals surface area contributed by atoms with Crippen LogP contribution in [0.5, 0.6) is 5.75 Å². The summed E-state index contributed by atoms with van der Waals surface area (Å²) in [6.07, 6.45) is 2.76. The number of hydrogen-bond acceptors (Lipinski definition) is 3. The second-order valence-corrected chi connectivity index (χ2v) is 5.42. The molecular weight excluding hydrogens is 278 g/mol. The van der Waals surface area contributed by atoms with Crippen LogP contribution < -0.4 is 10.1 Å². The van der Waals surface area contributed by atoms with Crippen LogP contribution in [0.25, 0.3) is 11.1 Å². The maximum absolute atomic E-state index is 11.9. The van der Waals surface area contributed by atoms with Gasteiger partial charge in [-0.25, -0.2) is 0 Å². The quantitative estimate of drug-likeness (QED) is 0.859. The fourth-order valence-corrected chi connectivity index (χ4v) is 2.34. The van der Waals surface area contributed by atoms with Gasteiger partial charge in [0.05, 0.1) is 7.11 Å². The number of nitrogens with one attached hydrogen (secondary N) is 1. The first-order chi connectivity index (χ1) is 10.7. The lowest BCUT2D eigenvalue weighted by molar-refractivity contribution is -0.117. The minimum Gasteiger partial charge on any atom is -0.496 e. The highest BCUT2D eigenvalue weighted by atomic mass is 16.5. The van der Waals surface area contributed by atoms with Crippen LogP contribution in [-0.2, 0) is 4.79 Å². The molecule has 4 heteroatoms. The van der Waals surface area contributed by atoms with Gasteiger partial charge in [0.25, 0.3) is 0 Å². The van der Waals surface area contributed by atoms with E-state index in [0.29, 0.717) is 5.56 Å². The Morgan fingerprint density at radius 1 is 1.18 bits per heavy atom. The van der Waals surface area contributed by atoms with Crippen LogP contribution in [0.4, 0.5) is 5.69 Å². The van der Waals surface area contributed by atoms with Crippen LogP contribution in [0.1, 0.15) is 23.2 Å². The Morgan fingerprint density at radius 2 is 1.91 bits per heavy atom. The lowest BCUT2D eigenvalue weighted by atomic mass is 10.0. The molecule has 0 saturated heterocycles. The number of rotatable bonds is 5. The first-order valence-corrected chi connectivity index (χ1v) is 7.26. The number of ether oxygens (including phenoxy) is 1. The normalized spacial score (nSPS) is 13.5. The fraction of sp³-hybridized carbons (Fsp3) is 0.222. The fourth-order valence-electron chi connectivity index (χ4n) is 2.34. The van der Waals surface area contributed by atoms with Crippen molar-refractivity contribution in [3.8, 4) is 16.9 Å². The van der Waals surface area contributed by atoms with Gasteiger partial charge >= 0.3 is 0 Å². The van der Waals surface area contributed by atoms with Crippen LogP contribution in [0, 0.1) is 5.92 Å². The highest BCUT2D eigenvalue weighted by molar-refractivity contribution is 5.95. The minimum absolute atomic E-state index is 0.0763. The third-order valence-electron chi connectivity index (χ3n) is 3.77. The van der Waals surface area contributed by atoms with Crippen molar-refractivity contribution in [2.24, 2.45) is 5.92 Å². The van der Waals surface area contributed by atoms with Gasteiger partial charge in [-0.2, -0.15) is 0 Å². The van der Waals surface area contributed by atoms with Gasteiger partial charge in [0.15, 0.2) is 0 Å². The van der Waals surface area contributed by atoms with E-state index in [-0.39, 0.29) is 11.8 Å². The van der Waals surface area contributed by atoms with Crippen molar-refractivity contribution in [2.45, 2.75) is 12.8 Å². The summed E-state index contributed by atoms with van der Waals surface area (Å²) in [7, 11) is 1.61. The molecule has 22 heavy (non-hydrogen) atoms. The van der Waals surface area contributed by atoms with Gasteiger partial charge in [-0.15, -0.1) is 0 Å². The molecular formula is C18H17NO3. The van der Waals surface area contributed by atoms with Gasteiger partial charge in [-0.1, -0.05) is 24.3 Å². The summed E-state index contributed by atoms with van der Waals surface area (Å²) in [5.41, 5.74) is 3.20. The van der Waals surface area contributed by atoms with Crippen molar-refractivity contribution >= 4 is 17.9 Å². The molecule has 4 nitrogen and oxygen atoms in total.